The van der Waals surface area contributed by atoms with Gasteiger partial charge in [-0.3, -0.25) is 4.79 Å². The van der Waals surface area contributed by atoms with Crippen molar-refractivity contribution >= 4 is 5.78 Å². The van der Waals surface area contributed by atoms with Gasteiger partial charge in [0.05, 0.1) is 0 Å². The summed E-state index contributed by atoms with van der Waals surface area (Å²) in [7, 11) is 0. The summed E-state index contributed by atoms with van der Waals surface area (Å²) in [6.45, 7) is 3.17. The van der Waals surface area contributed by atoms with Crippen LogP contribution in [0.4, 0.5) is 8.78 Å². The molecule has 2 rings (SSSR count). The highest BCUT2D eigenvalue weighted by atomic mass is 19.3. The number of hydrogen-bond donors (Lipinski definition) is 0. The molecule has 0 unspecified atom stereocenters. The Morgan fingerprint density at radius 2 is 1.70 bits per heavy atom. The summed E-state index contributed by atoms with van der Waals surface area (Å²) in [5.41, 5.74) is 0.946. The molecule has 1 fully saturated rings. The van der Waals surface area contributed by atoms with E-state index < -0.39 is 11.7 Å². The first-order chi connectivity index (χ1) is 10.9. The molecule has 0 radical (unpaired) electrons. The van der Waals surface area contributed by atoms with Crippen molar-refractivity contribution in [3.8, 4) is 0 Å². The summed E-state index contributed by atoms with van der Waals surface area (Å²) in [5, 5.41) is 0. The number of carbonyl (C=O) groups is 1. The molecule has 1 aliphatic rings. The van der Waals surface area contributed by atoms with Crippen LogP contribution in [0, 0.1) is 5.92 Å². The Balaban J connectivity index is 1.90. The second-order valence-corrected chi connectivity index (χ2v) is 6.97. The number of alkyl halides is 2. The standard InChI is InChI=1S/C20H28F2O/c1-3-4-5-6-16-7-9-17(10-8-16)18-11-13-19(14-12-18)20(21,22)15(2)23/h11-14,16-17H,3-10H2,1-2H3/t16-,17-. The van der Waals surface area contributed by atoms with Crippen LogP contribution in [0.2, 0.25) is 0 Å². The van der Waals surface area contributed by atoms with E-state index in [1.807, 2.05) is 0 Å². The third-order valence-corrected chi connectivity index (χ3v) is 5.25. The first-order valence-electron chi connectivity index (χ1n) is 8.94. The fourth-order valence-corrected chi connectivity index (χ4v) is 3.64. The molecule has 1 saturated carbocycles. The van der Waals surface area contributed by atoms with Gasteiger partial charge >= 0.3 is 5.92 Å². The number of Topliss-reactive ketones (excluding diaryl/α,β-unsaturated/α-hetero) is 1. The van der Waals surface area contributed by atoms with Crippen LogP contribution >= 0.6 is 0 Å². The minimum atomic E-state index is -3.37. The second kappa shape index (κ2) is 8.03. The van der Waals surface area contributed by atoms with E-state index in [0.717, 1.165) is 31.2 Å². The van der Waals surface area contributed by atoms with Gasteiger partial charge in [-0.15, -0.1) is 0 Å². The zero-order valence-corrected chi connectivity index (χ0v) is 14.3. The molecule has 0 atom stereocenters. The summed E-state index contributed by atoms with van der Waals surface area (Å²) < 4.78 is 27.4. The van der Waals surface area contributed by atoms with Gasteiger partial charge in [0.15, 0.2) is 0 Å². The first kappa shape index (κ1) is 18.1. The molecule has 128 valence electrons. The SMILES string of the molecule is CCCCC[C@H]1CC[C@H](c2ccc(C(F)(F)C(C)=O)cc2)CC1. The van der Waals surface area contributed by atoms with E-state index in [0.29, 0.717) is 5.92 Å². The van der Waals surface area contributed by atoms with Crippen molar-refractivity contribution in [1.82, 2.24) is 0 Å². The Morgan fingerprint density at radius 1 is 1.09 bits per heavy atom. The van der Waals surface area contributed by atoms with Gasteiger partial charge in [0.25, 0.3) is 0 Å². The molecule has 1 aromatic rings. The number of unbranched alkanes of at least 4 members (excludes halogenated alkanes) is 2. The van der Waals surface area contributed by atoms with Crippen molar-refractivity contribution in [2.75, 3.05) is 0 Å². The van der Waals surface area contributed by atoms with Crippen LogP contribution in [0.3, 0.4) is 0 Å². The normalized spacial score (nSPS) is 22.1. The minimum absolute atomic E-state index is 0.193. The van der Waals surface area contributed by atoms with Gasteiger partial charge in [-0.2, -0.15) is 8.78 Å². The molecule has 1 aromatic carbocycles. The van der Waals surface area contributed by atoms with Crippen LogP contribution in [0.5, 0.6) is 0 Å². The Labute approximate surface area is 138 Å². The quantitative estimate of drug-likeness (QED) is 0.544. The molecule has 0 spiro atoms. The molecular formula is C20H28F2O. The number of rotatable bonds is 7. The summed E-state index contributed by atoms with van der Waals surface area (Å²) >= 11 is 0. The molecule has 23 heavy (non-hydrogen) atoms. The van der Waals surface area contributed by atoms with Crippen LogP contribution in [0.1, 0.15) is 82.3 Å². The number of benzene rings is 1. The Bertz CT molecular complexity index is 499. The van der Waals surface area contributed by atoms with Gasteiger partial charge < -0.3 is 0 Å². The third-order valence-electron chi connectivity index (χ3n) is 5.25. The molecule has 0 N–H and O–H groups in total. The van der Waals surface area contributed by atoms with Gasteiger partial charge in [-0.05, 0) is 43.1 Å². The predicted molar refractivity (Wildman–Crippen MR) is 89.9 cm³/mol. The monoisotopic (exact) mass is 322 g/mol. The Kier molecular flexibility index (Phi) is 6.32. The number of ketones is 1. The maximum atomic E-state index is 13.7. The average Bonchev–Trinajstić information content (AvgIpc) is 2.56. The van der Waals surface area contributed by atoms with Crippen molar-refractivity contribution in [2.45, 2.75) is 77.1 Å². The number of halogens is 2. The highest BCUT2D eigenvalue weighted by molar-refractivity contribution is 5.84. The maximum absolute atomic E-state index is 13.7. The molecular weight excluding hydrogens is 294 g/mol. The summed E-state index contributed by atoms with van der Waals surface area (Å²) in [6.07, 6.45) is 10.1. The summed E-state index contributed by atoms with van der Waals surface area (Å²) in [6, 6.07) is 6.41. The van der Waals surface area contributed by atoms with E-state index in [2.05, 4.69) is 6.92 Å². The average molecular weight is 322 g/mol. The fourth-order valence-electron chi connectivity index (χ4n) is 3.64. The topological polar surface area (TPSA) is 17.1 Å². The van der Waals surface area contributed by atoms with E-state index in [4.69, 9.17) is 0 Å². The zero-order chi connectivity index (χ0) is 16.9. The lowest BCUT2D eigenvalue weighted by Gasteiger charge is -2.29. The van der Waals surface area contributed by atoms with Crippen molar-refractivity contribution in [3.63, 3.8) is 0 Å². The lowest BCUT2D eigenvalue weighted by Crippen LogP contribution is -2.23. The minimum Gasteiger partial charge on any atom is -0.293 e. The lowest BCUT2D eigenvalue weighted by atomic mass is 9.77. The molecule has 1 aliphatic carbocycles. The third kappa shape index (κ3) is 4.62. The van der Waals surface area contributed by atoms with Crippen molar-refractivity contribution in [2.24, 2.45) is 5.92 Å². The molecule has 1 nitrogen and oxygen atoms in total. The Morgan fingerprint density at radius 3 is 2.22 bits per heavy atom. The maximum Gasteiger partial charge on any atom is 0.330 e. The van der Waals surface area contributed by atoms with Gasteiger partial charge in [-0.1, -0.05) is 56.9 Å². The molecule has 0 aliphatic heterocycles. The number of hydrogen-bond acceptors (Lipinski definition) is 1. The fraction of sp³-hybridized carbons (Fsp3) is 0.650. The first-order valence-corrected chi connectivity index (χ1v) is 8.94. The van der Waals surface area contributed by atoms with Gasteiger partial charge in [-0.25, -0.2) is 0 Å². The van der Waals surface area contributed by atoms with Gasteiger partial charge in [0.1, 0.15) is 0 Å². The second-order valence-electron chi connectivity index (χ2n) is 6.97. The van der Waals surface area contributed by atoms with Crippen LogP contribution in [0.25, 0.3) is 0 Å². The van der Waals surface area contributed by atoms with E-state index in [1.165, 1.54) is 50.7 Å². The smallest absolute Gasteiger partial charge is 0.293 e. The molecule has 0 bridgehead atoms. The van der Waals surface area contributed by atoms with Crippen LogP contribution in [-0.2, 0) is 10.7 Å². The van der Waals surface area contributed by atoms with E-state index in [-0.39, 0.29) is 5.56 Å². The zero-order valence-electron chi connectivity index (χ0n) is 14.3. The predicted octanol–water partition coefficient (Wildman–Crippen LogP) is 6.22. The van der Waals surface area contributed by atoms with Gasteiger partial charge in [0.2, 0.25) is 5.78 Å². The van der Waals surface area contributed by atoms with Crippen LogP contribution in [0.15, 0.2) is 24.3 Å². The van der Waals surface area contributed by atoms with Crippen molar-refractivity contribution < 1.29 is 13.6 Å². The van der Waals surface area contributed by atoms with E-state index >= 15 is 0 Å². The van der Waals surface area contributed by atoms with Crippen molar-refractivity contribution in [1.29, 1.82) is 0 Å². The molecule has 3 heteroatoms. The molecule has 0 amide bonds. The summed E-state index contributed by atoms with van der Waals surface area (Å²) in [5.74, 6) is -3.13. The van der Waals surface area contributed by atoms with E-state index in [9.17, 15) is 13.6 Å². The number of carbonyl (C=O) groups excluding carboxylic acids is 1. The Hall–Kier alpha value is -1.25. The highest BCUT2D eigenvalue weighted by Crippen LogP contribution is 2.38. The molecule has 0 saturated heterocycles. The van der Waals surface area contributed by atoms with Crippen LogP contribution < -0.4 is 0 Å². The van der Waals surface area contributed by atoms with Crippen LogP contribution in [-0.4, -0.2) is 5.78 Å². The molecule has 0 heterocycles. The van der Waals surface area contributed by atoms with E-state index in [1.54, 1.807) is 12.1 Å². The highest BCUT2D eigenvalue weighted by Gasteiger charge is 2.37. The van der Waals surface area contributed by atoms with Gasteiger partial charge in [0, 0.05) is 12.5 Å². The lowest BCUT2D eigenvalue weighted by molar-refractivity contribution is -0.141. The largest absolute Gasteiger partial charge is 0.330 e. The van der Waals surface area contributed by atoms with Crippen molar-refractivity contribution in [3.05, 3.63) is 35.4 Å². The summed E-state index contributed by atoms with van der Waals surface area (Å²) in [4.78, 5) is 11.0. The molecule has 0 aromatic heterocycles.